The Balaban J connectivity index is 0.000000243. The van der Waals surface area contributed by atoms with Crippen LogP contribution >= 0.6 is 0 Å². The average Bonchev–Trinajstić information content (AvgIpc) is 3.26. The topological polar surface area (TPSA) is 0 Å². The van der Waals surface area contributed by atoms with E-state index in [0.717, 1.165) is 0 Å². The van der Waals surface area contributed by atoms with Gasteiger partial charge in [-0.2, -0.15) is 28.3 Å². The second-order valence-electron chi connectivity index (χ2n) is 12.6. The molecule has 0 bridgehead atoms. The van der Waals surface area contributed by atoms with Crippen LogP contribution in [0.15, 0.2) is 54.6 Å². The third-order valence-corrected chi connectivity index (χ3v) is 8.30. The molecule has 0 fully saturated rings. The first kappa shape index (κ1) is 30.0. The number of aryl methyl sites for hydroxylation is 3. The van der Waals surface area contributed by atoms with E-state index in [9.17, 15) is 0 Å². The fraction of sp³-hybridized carbons (Fsp3) is 0.429. The Morgan fingerprint density at radius 2 is 1.16 bits per heavy atom. The van der Waals surface area contributed by atoms with E-state index >= 15 is 0 Å². The van der Waals surface area contributed by atoms with Crippen molar-refractivity contribution in [2.24, 2.45) is 0 Å². The van der Waals surface area contributed by atoms with Crippen LogP contribution in [0.4, 0.5) is 0 Å². The summed E-state index contributed by atoms with van der Waals surface area (Å²) in [5, 5.41) is 2.82. The fourth-order valence-electron chi connectivity index (χ4n) is 5.61. The van der Waals surface area contributed by atoms with Gasteiger partial charge < -0.3 is 0 Å². The Morgan fingerprint density at radius 1 is 0.703 bits per heavy atom. The maximum absolute atomic E-state index is 2.50. The molecule has 2 heteroatoms. The van der Waals surface area contributed by atoms with Gasteiger partial charge in [0.25, 0.3) is 0 Å². The zero-order valence-corrected chi connectivity index (χ0v) is 28.6. The largest absolute Gasteiger partial charge is 0.196 e. The van der Waals surface area contributed by atoms with E-state index in [-0.39, 0.29) is 16.3 Å². The Morgan fingerprint density at radius 3 is 1.59 bits per heavy atom. The van der Waals surface area contributed by atoms with Gasteiger partial charge in [-0.25, -0.2) is 0 Å². The molecule has 37 heavy (non-hydrogen) atoms. The molecule has 1 aliphatic rings. The molecule has 0 saturated carbocycles. The molecule has 0 atom stereocenters. The molecule has 0 heterocycles. The maximum atomic E-state index is 2.50. The Bertz CT molecular complexity index is 1370. The maximum Gasteiger partial charge on any atom is -0.0116 e. The summed E-state index contributed by atoms with van der Waals surface area (Å²) in [6.45, 7) is 25.2. The first-order valence-electron chi connectivity index (χ1n) is 13.7. The summed E-state index contributed by atoms with van der Waals surface area (Å²) in [5.74, 6) is 0. The van der Waals surface area contributed by atoms with Crippen LogP contribution in [0, 0.1) is 34.6 Å². The summed E-state index contributed by atoms with van der Waals surface area (Å²) in [4.78, 5) is 0. The van der Waals surface area contributed by atoms with Gasteiger partial charge in [-0.1, -0.05) is 109 Å². The smallest absolute Gasteiger partial charge is 0.0116 e. The Labute approximate surface area is 242 Å². The number of hydrogen-bond acceptors (Lipinski definition) is 0. The first-order chi connectivity index (χ1) is 17.2. The van der Waals surface area contributed by atoms with Crippen LogP contribution in [0.2, 0.25) is 13.1 Å². The molecule has 0 spiro atoms. The molecule has 0 nitrogen and oxygen atoms in total. The molecule has 0 aliphatic heterocycles. The molecular formula is C35H46SiZr. The summed E-state index contributed by atoms with van der Waals surface area (Å²) in [6.07, 6.45) is 2.53. The minimum Gasteiger partial charge on any atom is -0.196 e. The van der Waals surface area contributed by atoms with Crippen molar-refractivity contribution in [3.8, 4) is 11.1 Å². The van der Waals surface area contributed by atoms with Gasteiger partial charge in [0.1, 0.15) is 0 Å². The van der Waals surface area contributed by atoms with E-state index in [1.54, 1.807) is 34.5 Å². The van der Waals surface area contributed by atoms with Crippen LogP contribution < -0.4 is 0 Å². The van der Waals surface area contributed by atoms with E-state index in [1.807, 2.05) is 0 Å². The predicted molar refractivity (Wildman–Crippen MR) is 163 cm³/mol. The zero-order valence-electron chi connectivity index (χ0n) is 25.1. The van der Waals surface area contributed by atoms with E-state index in [2.05, 4.69) is 130 Å². The molecule has 0 aromatic heterocycles. The summed E-state index contributed by atoms with van der Waals surface area (Å²) >= 11 is 1.74. The molecule has 1 aliphatic carbocycles. The van der Waals surface area contributed by atoms with E-state index in [0.29, 0.717) is 0 Å². The van der Waals surface area contributed by atoms with Gasteiger partial charge in [-0.3, -0.25) is 0 Å². The van der Waals surface area contributed by atoms with Gasteiger partial charge >= 0.3 is 41.9 Å². The van der Waals surface area contributed by atoms with Crippen LogP contribution in [0.25, 0.3) is 21.9 Å². The third kappa shape index (κ3) is 6.75. The van der Waals surface area contributed by atoms with E-state index in [4.69, 9.17) is 0 Å². The quantitative estimate of drug-likeness (QED) is 0.154. The molecule has 5 rings (SSSR count). The standard InChI is InChI=1S/C24H27.C9H13.C2H6Si.Zr/c1-16-13-18-14-20-21(24(4,5)12-11-23(20,2)3)15-19(18)22(16)17-9-7-6-8-10-17;1-6-5-7(2)9(4)8(6)3;1-3-2;/h6-10,13-15H,11-12H2,1-5H3;5H,1-4H3;1-2H3;/q2*-1;;+2. The first-order valence-corrected chi connectivity index (χ1v) is 19.9. The van der Waals surface area contributed by atoms with Crippen molar-refractivity contribution in [3.63, 3.8) is 0 Å². The number of hydrogen-bond donors (Lipinski definition) is 0. The summed E-state index contributed by atoms with van der Waals surface area (Å²) in [5.41, 5.74) is 13.7. The number of fused-ring (bicyclic) bond motifs is 2. The van der Waals surface area contributed by atoms with Crippen molar-refractivity contribution in [2.45, 2.75) is 99.1 Å². The molecule has 0 unspecified atom stereocenters. The normalized spacial score (nSPS) is 15.3. The molecule has 0 amide bonds. The van der Waals surface area contributed by atoms with Crippen LogP contribution in [-0.2, 0) is 34.2 Å². The van der Waals surface area contributed by atoms with Gasteiger partial charge in [-0.05, 0) is 23.7 Å². The van der Waals surface area contributed by atoms with Gasteiger partial charge in [0.2, 0.25) is 0 Å². The minimum atomic E-state index is 0.210. The molecule has 4 aromatic rings. The average molecular weight is 586 g/mol. The van der Waals surface area contributed by atoms with Gasteiger partial charge in [0.05, 0.1) is 0 Å². The van der Waals surface area contributed by atoms with E-state index in [1.165, 1.54) is 62.6 Å². The molecule has 4 aromatic carbocycles. The van der Waals surface area contributed by atoms with Crippen LogP contribution in [-0.4, -0.2) is 5.43 Å². The predicted octanol–water partition coefficient (Wildman–Crippen LogP) is 10.3. The van der Waals surface area contributed by atoms with Crippen LogP contribution in [0.1, 0.15) is 79.5 Å². The number of rotatable bonds is 1. The number of benzene rings is 2. The Kier molecular flexibility index (Phi) is 9.51. The van der Waals surface area contributed by atoms with Crippen LogP contribution in [0.5, 0.6) is 0 Å². The Hall–Kier alpha value is -1.50. The summed E-state index contributed by atoms with van der Waals surface area (Å²) in [6, 6.07) is 20.4. The molecular weight excluding hydrogens is 540 g/mol. The van der Waals surface area contributed by atoms with Gasteiger partial charge in [0.15, 0.2) is 0 Å². The van der Waals surface area contributed by atoms with Gasteiger partial charge in [-0.15, -0.1) is 40.1 Å². The zero-order chi connectivity index (χ0) is 27.7. The van der Waals surface area contributed by atoms with Crippen molar-refractivity contribution in [2.75, 3.05) is 0 Å². The van der Waals surface area contributed by atoms with Gasteiger partial charge in [0, 0.05) is 0 Å². The minimum absolute atomic E-state index is 0.210. The molecule has 0 N–H and O–H groups in total. The molecule has 0 saturated heterocycles. The molecule has 194 valence electrons. The van der Waals surface area contributed by atoms with Crippen molar-refractivity contribution in [1.82, 2.24) is 0 Å². The van der Waals surface area contributed by atoms with Crippen LogP contribution in [0.3, 0.4) is 0 Å². The second kappa shape index (κ2) is 11.7. The van der Waals surface area contributed by atoms with Crippen molar-refractivity contribution < 1.29 is 23.3 Å². The van der Waals surface area contributed by atoms with E-state index < -0.39 is 0 Å². The summed E-state index contributed by atoms with van der Waals surface area (Å²) in [7, 11) is 0. The fourth-order valence-corrected chi connectivity index (χ4v) is 5.61. The summed E-state index contributed by atoms with van der Waals surface area (Å²) < 4.78 is 0. The monoisotopic (exact) mass is 584 g/mol. The molecule has 0 radical (unpaired) electrons. The van der Waals surface area contributed by atoms with Crippen molar-refractivity contribution in [3.05, 3.63) is 93.5 Å². The van der Waals surface area contributed by atoms with Crippen molar-refractivity contribution >= 4 is 16.2 Å². The third-order valence-electron chi connectivity index (χ3n) is 8.30. The SMILES string of the molecule is C[Si](C)=[Zr+2].Cc1[cH-]c(C)c(C)c1C.Cc1[cH-]c2cc3c(cc2c1-c1ccccc1)C(C)(C)CCC3(C)C. The second-order valence-corrected chi connectivity index (χ2v) is 22.0. The van der Waals surface area contributed by atoms with Crippen molar-refractivity contribution in [1.29, 1.82) is 0 Å².